The Morgan fingerprint density at radius 2 is 1.91 bits per heavy atom. The number of fused-ring (bicyclic) bond motifs is 1. The molecule has 0 spiro atoms. The molecule has 180 valence electrons. The number of rotatable bonds is 4. The van der Waals surface area contributed by atoms with Crippen molar-refractivity contribution >= 4 is 28.1 Å². The third-order valence-electron chi connectivity index (χ3n) is 7.13. The number of allylic oxidation sites excluding steroid dienone is 3. The molecule has 3 aliphatic rings. The van der Waals surface area contributed by atoms with E-state index in [1.54, 1.807) is 18.3 Å². The smallest absolute Gasteiger partial charge is 0.341 e. The zero-order valence-corrected chi connectivity index (χ0v) is 20.7. The zero-order valence-electron chi connectivity index (χ0n) is 19.9. The number of hydrogen-bond donors (Lipinski definition) is 1. The van der Waals surface area contributed by atoms with E-state index in [9.17, 15) is 14.9 Å². The number of Topliss-reactive ketones (excluding diaryl/α,β-unsaturated/α-hetero) is 1. The number of hydrogen-bond acceptors (Lipinski definition) is 7. The fraction of sp³-hybridized carbons (Fsp3) is 0.393. The van der Waals surface area contributed by atoms with Crippen LogP contribution in [-0.2, 0) is 22.4 Å². The SMILES string of the molecule is CCOC(=O)c1c(N2C(N)=C(C#N)[C@@H](c3ccccc3)C3=C2CCCC3=O)sc2c1CCCCC2. The van der Waals surface area contributed by atoms with Crippen LogP contribution in [-0.4, -0.2) is 18.4 Å². The van der Waals surface area contributed by atoms with Gasteiger partial charge in [0.05, 0.1) is 29.7 Å². The van der Waals surface area contributed by atoms with Gasteiger partial charge in [0.15, 0.2) is 5.78 Å². The minimum Gasteiger partial charge on any atom is -0.462 e. The molecule has 0 radical (unpaired) electrons. The number of carbonyl (C=O) groups is 2. The molecule has 0 amide bonds. The summed E-state index contributed by atoms with van der Waals surface area (Å²) in [5.41, 5.74) is 11.0. The number of ether oxygens (including phenoxy) is 1. The fourth-order valence-corrected chi connectivity index (χ4v) is 7.01. The van der Waals surface area contributed by atoms with E-state index >= 15 is 0 Å². The lowest BCUT2D eigenvalue weighted by atomic mass is 9.75. The fourth-order valence-electron chi connectivity index (χ4n) is 5.60. The Balaban J connectivity index is 1.76. The highest BCUT2D eigenvalue weighted by molar-refractivity contribution is 7.16. The highest BCUT2D eigenvalue weighted by Gasteiger charge is 2.42. The first-order valence-electron chi connectivity index (χ1n) is 12.4. The summed E-state index contributed by atoms with van der Waals surface area (Å²) in [6.45, 7) is 2.08. The van der Waals surface area contributed by atoms with Crippen LogP contribution in [0.4, 0.5) is 5.00 Å². The number of aryl methyl sites for hydroxylation is 1. The summed E-state index contributed by atoms with van der Waals surface area (Å²) in [7, 11) is 0. The molecule has 1 aromatic heterocycles. The van der Waals surface area contributed by atoms with Crippen molar-refractivity contribution in [3.05, 3.63) is 74.6 Å². The number of nitrogens with zero attached hydrogens (tertiary/aromatic N) is 2. The lowest BCUT2D eigenvalue weighted by molar-refractivity contribution is -0.116. The summed E-state index contributed by atoms with van der Waals surface area (Å²) in [5, 5.41) is 10.9. The molecule has 2 heterocycles. The lowest BCUT2D eigenvalue weighted by Gasteiger charge is -2.39. The normalized spacial score (nSPS) is 20.2. The van der Waals surface area contributed by atoms with Crippen molar-refractivity contribution in [2.24, 2.45) is 5.73 Å². The van der Waals surface area contributed by atoms with Crippen molar-refractivity contribution in [1.82, 2.24) is 0 Å². The number of ketones is 1. The highest BCUT2D eigenvalue weighted by atomic mass is 32.1. The van der Waals surface area contributed by atoms with Crippen LogP contribution in [0.1, 0.15) is 77.7 Å². The van der Waals surface area contributed by atoms with Crippen molar-refractivity contribution in [3.63, 3.8) is 0 Å². The van der Waals surface area contributed by atoms with Gasteiger partial charge in [0.25, 0.3) is 0 Å². The minimum atomic E-state index is -0.496. The molecule has 2 N–H and O–H groups in total. The van der Waals surface area contributed by atoms with E-state index < -0.39 is 5.92 Å². The van der Waals surface area contributed by atoms with Crippen LogP contribution >= 0.6 is 11.3 Å². The third kappa shape index (κ3) is 3.96. The number of anilines is 1. The van der Waals surface area contributed by atoms with E-state index in [1.807, 2.05) is 35.2 Å². The van der Waals surface area contributed by atoms with E-state index in [-0.39, 0.29) is 18.4 Å². The van der Waals surface area contributed by atoms with Crippen LogP contribution in [0, 0.1) is 11.3 Å². The number of esters is 1. The summed E-state index contributed by atoms with van der Waals surface area (Å²) in [4.78, 5) is 29.7. The molecule has 6 nitrogen and oxygen atoms in total. The predicted octanol–water partition coefficient (Wildman–Crippen LogP) is 5.50. The molecular weight excluding hydrogens is 458 g/mol. The second-order valence-electron chi connectivity index (χ2n) is 9.19. The first-order chi connectivity index (χ1) is 17.1. The Kier molecular flexibility index (Phi) is 6.48. The largest absolute Gasteiger partial charge is 0.462 e. The van der Waals surface area contributed by atoms with E-state index in [1.165, 1.54) is 4.88 Å². The maximum Gasteiger partial charge on any atom is 0.341 e. The maximum absolute atomic E-state index is 13.4. The van der Waals surface area contributed by atoms with Gasteiger partial charge in [-0.2, -0.15) is 5.26 Å². The number of nitrogens with two attached hydrogens (primary N) is 1. The summed E-state index contributed by atoms with van der Waals surface area (Å²) in [5.74, 6) is -0.510. The van der Waals surface area contributed by atoms with Gasteiger partial charge in [0.1, 0.15) is 10.8 Å². The summed E-state index contributed by atoms with van der Waals surface area (Å²) in [6.07, 6.45) is 6.78. The van der Waals surface area contributed by atoms with Crippen LogP contribution < -0.4 is 10.6 Å². The van der Waals surface area contributed by atoms with Crippen molar-refractivity contribution < 1.29 is 14.3 Å². The molecule has 1 atom stereocenters. The molecule has 1 aromatic carbocycles. The first kappa shape index (κ1) is 23.4. The average molecular weight is 488 g/mol. The van der Waals surface area contributed by atoms with Gasteiger partial charge in [-0.1, -0.05) is 36.8 Å². The molecule has 5 rings (SSSR count). The van der Waals surface area contributed by atoms with Gasteiger partial charge in [-0.25, -0.2) is 4.79 Å². The predicted molar refractivity (Wildman–Crippen MR) is 136 cm³/mol. The van der Waals surface area contributed by atoms with Crippen LogP contribution in [0.25, 0.3) is 0 Å². The van der Waals surface area contributed by atoms with Crippen LogP contribution in [0.3, 0.4) is 0 Å². The van der Waals surface area contributed by atoms with Crippen molar-refractivity contribution in [2.75, 3.05) is 11.5 Å². The Labute approximate surface area is 209 Å². The Bertz CT molecular complexity index is 1280. The third-order valence-corrected chi connectivity index (χ3v) is 8.41. The molecule has 0 saturated carbocycles. The van der Waals surface area contributed by atoms with Gasteiger partial charge < -0.3 is 10.5 Å². The molecule has 1 aliphatic heterocycles. The van der Waals surface area contributed by atoms with Gasteiger partial charge in [0, 0.05) is 22.6 Å². The van der Waals surface area contributed by atoms with Crippen molar-refractivity contribution in [2.45, 2.75) is 64.2 Å². The second kappa shape index (κ2) is 9.71. The summed E-state index contributed by atoms with van der Waals surface area (Å²) in [6, 6.07) is 11.9. The molecule has 35 heavy (non-hydrogen) atoms. The topological polar surface area (TPSA) is 96.4 Å². The van der Waals surface area contributed by atoms with Gasteiger partial charge in [-0.3, -0.25) is 9.69 Å². The van der Waals surface area contributed by atoms with E-state index in [4.69, 9.17) is 10.5 Å². The van der Waals surface area contributed by atoms with Gasteiger partial charge >= 0.3 is 5.97 Å². The summed E-state index contributed by atoms with van der Waals surface area (Å²) >= 11 is 1.56. The van der Waals surface area contributed by atoms with E-state index in [0.717, 1.165) is 48.9 Å². The molecular formula is C28H29N3O3S. The standard InChI is InChI=1S/C28H29N3O3S/c1-2-34-28(33)24-18-12-7-4-8-15-22(18)35-27(24)31-20-13-9-14-21(32)25(20)23(19(16-29)26(31)30)17-10-5-3-6-11-17/h3,5-6,10-11,23H,2,4,7-9,12-15,30H2,1H3/t23-/m1/s1. The number of thiophene rings is 1. The molecule has 2 aromatic rings. The molecule has 0 saturated heterocycles. The molecule has 0 fully saturated rings. The van der Waals surface area contributed by atoms with Crippen LogP contribution in [0.15, 0.2) is 53.0 Å². The van der Waals surface area contributed by atoms with Crippen molar-refractivity contribution in [1.29, 1.82) is 5.26 Å². The lowest BCUT2D eigenvalue weighted by Crippen LogP contribution is -2.39. The Morgan fingerprint density at radius 3 is 2.66 bits per heavy atom. The molecule has 2 aliphatic carbocycles. The molecule has 0 unspecified atom stereocenters. The monoisotopic (exact) mass is 487 g/mol. The highest BCUT2D eigenvalue weighted by Crippen LogP contribution is 2.50. The van der Waals surface area contributed by atoms with E-state index in [2.05, 4.69) is 6.07 Å². The Hall–Kier alpha value is -3.37. The quantitative estimate of drug-likeness (QED) is 0.452. The first-order valence-corrected chi connectivity index (χ1v) is 13.2. The van der Waals surface area contributed by atoms with Gasteiger partial charge in [0.2, 0.25) is 0 Å². The van der Waals surface area contributed by atoms with Gasteiger partial charge in [-0.05, 0) is 56.6 Å². The maximum atomic E-state index is 13.4. The molecule has 0 bridgehead atoms. The van der Waals surface area contributed by atoms with E-state index in [0.29, 0.717) is 46.8 Å². The van der Waals surface area contributed by atoms with Crippen LogP contribution in [0.5, 0.6) is 0 Å². The van der Waals surface area contributed by atoms with Crippen LogP contribution in [0.2, 0.25) is 0 Å². The number of carbonyl (C=O) groups excluding carboxylic acids is 2. The Morgan fingerprint density at radius 1 is 1.14 bits per heavy atom. The molecule has 7 heteroatoms. The zero-order chi connectivity index (χ0) is 24.5. The summed E-state index contributed by atoms with van der Waals surface area (Å²) < 4.78 is 5.50. The average Bonchev–Trinajstić information content (AvgIpc) is 3.05. The number of benzene rings is 1. The van der Waals surface area contributed by atoms with Gasteiger partial charge in [-0.15, -0.1) is 11.3 Å². The van der Waals surface area contributed by atoms with Crippen molar-refractivity contribution in [3.8, 4) is 6.07 Å². The second-order valence-corrected chi connectivity index (χ2v) is 10.3. The number of nitriles is 1. The minimum absolute atomic E-state index is 0.0427.